The summed E-state index contributed by atoms with van der Waals surface area (Å²) in [6.07, 6.45) is 30.9. The number of unbranched alkanes of at least 4 members (excludes halogenated alkanes) is 20. The summed E-state index contributed by atoms with van der Waals surface area (Å²) in [5.41, 5.74) is 0.588. The number of ether oxygens (including phenoxy) is 2. The Morgan fingerprint density at radius 1 is 0.420 bits per heavy atom. The number of hydrogen-bond acceptors (Lipinski definition) is 6. The van der Waals surface area contributed by atoms with E-state index in [1.165, 1.54) is 128 Å². The van der Waals surface area contributed by atoms with Crippen molar-refractivity contribution in [2.24, 2.45) is 0 Å². The summed E-state index contributed by atoms with van der Waals surface area (Å²) >= 11 is 0. The average Bonchev–Trinajstić information content (AvgIpc) is 3.14. The van der Waals surface area contributed by atoms with Gasteiger partial charge in [0, 0.05) is 0 Å². The molecule has 0 fully saturated rings. The number of esters is 2. The minimum absolute atomic E-state index is 0.294. The SMILES string of the molecule is CCCCCCCCCCCCN(CC)CCCCOC(=O)c1ccccc1C(=O)OCCCCN(CC)CCCCCCCCCCCC. The molecule has 0 spiro atoms. The Labute approximate surface area is 309 Å². The van der Waals surface area contributed by atoms with Crippen molar-refractivity contribution in [2.75, 3.05) is 52.5 Å². The van der Waals surface area contributed by atoms with E-state index in [9.17, 15) is 9.59 Å². The molecule has 1 aromatic rings. The Morgan fingerprint density at radius 3 is 1.00 bits per heavy atom. The molecule has 1 rings (SSSR count). The zero-order valence-electron chi connectivity index (χ0n) is 33.5. The van der Waals surface area contributed by atoms with Crippen LogP contribution in [0.4, 0.5) is 0 Å². The van der Waals surface area contributed by atoms with Crippen molar-refractivity contribution in [3.8, 4) is 0 Å². The number of rotatable bonds is 36. The summed E-state index contributed by atoms with van der Waals surface area (Å²) in [5, 5.41) is 0. The molecular formula is C44H80N2O4. The Kier molecular flexibility index (Phi) is 31.5. The molecule has 0 aromatic heterocycles. The first-order valence-corrected chi connectivity index (χ1v) is 21.4. The van der Waals surface area contributed by atoms with Gasteiger partial charge >= 0.3 is 11.9 Å². The number of benzene rings is 1. The maximum atomic E-state index is 12.9. The minimum Gasteiger partial charge on any atom is -0.462 e. The Hall–Kier alpha value is -1.92. The molecule has 1 aromatic carbocycles. The molecule has 0 heterocycles. The van der Waals surface area contributed by atoms with E-state index in [0.29, 0.717) is 24.3 Å². The zero-order chi connectivity index (χ0) is 36.3. The molecule has 0 saturated heterocycles. The number of nitrogens with zero attached hydrogens (tertiary/aromatic N) is 2. The Balaban J connectivity index is 2.19. The van der Waals surface area contributed by atoms with Crippen LogP contribution in [-0.2, 0) is 9.47 Å². The molecule has 6 nitrogen and oxygen atoms in total. The van der Waals surface area contributed by atoms with E-state index in [1.807, 2.05) is 0 Å². The maximum Gasteiger partial charge on any atom is 0.339 e. The lowest BCUT2D eigenvalue weighted by Gasteiger charge is -2.20. The maximum absolute atomic E-state index is 12.9. The van der Waals surface area contributed by atoms with Crippen molar-refractivity contribution in [3.05, 3.63) is 35.4 Å². The third-order valence-corrected chi connectivity index (χ3v) is 10.1. The van der Waals surface area contributed by atoms with Crippen molar-refractivity contribution in [1.29, 1.82) is 0 Å². The van der Waals surface area contributed by atoms with Crippen molar-refractivity contribution in [2.45, 2.75) is 182 Å². The second-order valence-corrected chi connectivity index (χ2v) is 14.5. The monoisotopic (exact) mass is 701 g/mol. The highest BCUT2D eigenvalue weighted by molar-refractivity contribution is 6.03. The van der Waals surface area contributed by atoms with Gasteiger partial charge in [0.2, 0.25) is 0 Å². The van der Waals surface area contributed by atoms with Gasteiger partial charge < -0.3 is 19.3 Å². The lowest BCUT2D eigenvalue weighted by Crippen LogP contribution is -2.26. The molecule has 0 saturated carbocycles. The quantitative estimate of drug-likeness (QED) is 0.0513. The number of hydrogen-bond donors (Lipinski definition) is 0. The zero-order valence-corrected chi connectivity index (χ0v) is 33.5. The van der Waals surface area contributed by atoms with E-state index in [-0.39, 0.29) is 0 Å². The molecule has 6 heteroatoms. The molecule has 0 amide bonds. The van der Waals surface area contributed by atoms with Crippen LogP contribution < -0.4 is 0 Å². The van der Waals surface area contributed by atoms with Crippen LogP contribution in [0.1, 0.15) is 203 Å². The van der Waals surface area contributed by atoms with Crippen LogP contribution in [0, 0.1) is 0 Å². The first-order valence-electron chi connectivity index (χ1n) is 21.4. The summed E-state index contributed by atoms with van der Waals surface area (Å²) in [6, 6.07) is 6.87. The van der Waals surface area contributed by atoms with E-state index in [2.05, 4.69) is 37.5 Å². The largest absolute Gasteiger partial charge is 0.462 e. The van der Waals surface area contributed by atoms with E-state index >= 15 is 0 Å². The fraction of sp³-hybridized carbons (Fsp3) is 0.818. The molecule has 290 valence electrons. The third kappa shape index (κ3) is 25.1. The molecule has 0 aliphatic heterocycles. The van der Waals surface area contributed by atoms with Gasteiger partial charge in [0.25, 0.3) is 0 Å². The van der Waals surface area contributed by atoms with Crippen molar-refractivity contribution in [1.82, 2.24) is 9.80 Å². The van der Waals surface area contributed by atoms with Crippen LogP contribution in [-0.4, -0.2) is 74.2 Å². The van der Waals surface area contributed by atoms with E-state index in [1.54, 1.807) is 24.3 Å². The molecule has 0 unspecified atom stereocenters. The van der Waals surface area contributed by atoms with Crippen LogP contribution in [0.2, 0.25) is 0 Å². The van der Waals surface area contributed by atoms with Gasteiger partial charge in [-0.25, -0.2) is 9.59 Å². The van der Waals surface area contributed by atoms with Crippen molar-refractivity contribution < 1.29 is 19.1 Å². The fourth-order valence-electron chi connectivity index (χ4n) is 6.70. The van der Waals surface area contributed by atoms with E-state index in [4.69, 9.17) is 9.47 Å². The standard InChI is InChI=1S/C44H80N2O4/c1-5-9-11-13-15-17-19-21-23-27-35-45(7-3)37-29-31-39-49-43(47)41-33-25-26-34-42(41)44(48)50-40-32-30-38-46(8-4)36-28-24-22-20-18-16-14-12-10-6-2/h25-26,33-34H,5-24,27-32,35-40H2,1-4H3. The van der Waals surface area contributed by atoms with Crippen molar-refractivity contribution in [3.63, 3.8) is 0 Å². The summed E-state index contributed by atoms with van der Waals surface area (Å²) in [4.78, 5) is 30.8. The topological polar surface area (TPSA) is 59.1 Å². The van der Waals surface area contributed by atoms with Gasteiger partial charge in [0.05, 0.1) is 24.3 Å². The molecular weight excluding hydrogens is 620 g/mol. The van der Waals surface area contributed by atoms with Gasteiger partial charge in [-0.2, -0.15) is 0 Å². The normalized spacial score (nSPS) is 11.5. The number of carbonyl (C=O) groups excluding carboxylic acids is 2. The molecule has 0 radical (unpaired) electrons. The lowest BCUT2D eigenvalue weighted by atomic mass is 10.1. The molecule has 0 aliphatic rings. The molecule has 0 bridgehead atoms. The smallest absolute Gasteiger partial charge is 0.339 e. The van der Waals surface area contributed by atoms with Crippen LogP contribution in [0.3, 0.4) is 0 Å². The number of carbonyl (C=O) groups is 2. The minimum atomic E-state index is -0.444. The van der Waals surface area contributed by atoms with Gasteiger partial charge in [-0.15, -0.1) is 0 Å². The third-order valence-electron chi connectivity index (χ3n) is 10.1. The van der Waals surface area contributed by atoms with Crippen LogP contribution in [0.25, 0.3) is 0 Å². The predicted octanol–water partition coefficient (Wildman–Crippen LogP) is 12.0. The highest BCUT2D eigenvalue weighted by Crippen LogP contribution is 2.15. The second kappa shape index (κ2) is 34.2. The molecule has 0 N–H and O–H groups in total. The van der Waals surface area contributed by atoms with Gasteiger partial charge in [0.15, 0.2) is 0 Å². The molecule has 0 atom stereocenters. The molecule has 0 aliphatic carbocycles. The van der Waals surface area contributed by atoms with Gasteiger partial charge in [-0.1, -0.05) is 155 Å². The lowest BCUT2D eigenvalue weighted by molar-refractivity contribution is 0.0448. The second-order valence-electron chi connectivity index (χ2n) is 14.5. The van der Waals surface area contributed by atoms with Gasteiger partial charge in [-0.3, -0.25) is 0 Å². The first kappa shape index (κ1) is 46.1. The fourth-order valence-corrected chi connectivity index (χ4v) is 6.70. The average molecular weight is 701 g/mol. The Bertz CT molecular complexity index is 850. The first-order chi connectivity index (χ1) is 24.6. The van der Waals surface area contributed by atoms with Gasteiger partial charge in [0.1, 0.15) is 0 Å². The van der Waals surface area contributed by atoms with Crippen LogP contribution in [0.5, 0.6) is 0 Å². The van der Waals surface area contributed by atoms with Gasteiger partial charge in [-0.05, 0) is 89.9 Å². The van der Waals surface area contributed by atoms with Crippen molar-refractivity contribution >= 4 is 11.9 Å². The van der Waals surface area contributed by atoms with Crippen LogP contribution >= 0.6 is 0 Å². The summed E-state index contributed by atoms with van der Waals surface area (Å²) in [6.45, 7) is 16.2. The summed E-state index contributed by atoms with van der Waals surface area (Å²) < 4.78 is 11.2. The van der Waals surface area contributed by atoms with E-state index in [0.717, 1.165) is 65.0 Å². The Morgan fingerprint density at radius 2 is 0.700 bits per heavy atom. The van der Waals surface area contributed by atoms with Crippen LogP contribution in [0.15, 0.2) is 24.3 Å². The highest BCUT2D eigenvalue weighted by Gasteiger charge is 2.19. The predicted molar refractivity (Wildman–Crippen MR) is 213 cm³/mol. The van der Waals surface area contributed by atoms with E-state index < -0.39 is 11.9 Å². The molecule has 50 heavy (non-hydrogen) atoms. The summed E-state index contributed by atoms with van der Waals surface area (Å²) in [5.74, 6) is -0.887. The summed E-state index contributed by atoms with van der Waals surface area (Å²) in [7, 11) is 0. The highest BCUT2D eigenvalue weighted by atomic mass is 16.5.